The van der Waals surface area contributed by atoms with Crippen molar-refractivity contribution >= 4 is 17.1 Å². The number of nitrogens with zero attached hydrogens (tertiary/aromatic N) is 7. The zero-order valence-electron chi connectivity index (χ0n) is 30.1. The summed E-state index contributed by atoms with van der Waals surface area (Å²) < 4.78 is 21.5. The Kier molecular flexibility index (Phi) is 10.3. The highest BCUT2D eigenvalue weighted by Gasteiger charge is 2.44. The van der Waals surface area contributed by atoms with Crippen LogP contribution in [0.1, 0.15) is 104 Å². The highest BCUT2D eigenvalue weighted by atomic mass is 19.1. The van der Waals surface area contributed by atoms with E-state index in [0.29, 0.717) is 30.8 Å². The molecule has 49 heavy (non-hydrogen) atoms. The van der Waals surface area contributed by atoms with Gasteiger partial charge >= 0.3 is 0 Å². The third-order valence-electron chi connectivity index (χ3n) is 10.9. The molecule has 2 N–H and O–H groups in total. The second kappa shape index (κ2) is 14.5. The van der Waals surface area contributed by atoms with Crippen molar-refractivity contribution in [2.24, 2.45) is 0 Å². The van der Waals surface area contributed by atoms with Crippen molar-refractivity contribution in [2.45, 2.75) is 110 Å². The number of aromatic nitrogens is 3. The summed E-state index contributed by atoms with van der Waals surface area (Å²) in [5.41, 5.74) is 17.1. The van der Waals surface area contributed by atoms with Gasteiger partial charge in [0.2, 0.25) is 0 Å². The van der Waals surface area contributed by atoms with Gasteiger partial charge in [0.1, 0.15) is 17.9 Å². The summed E-state index contributed by atoms with van der Waals surface area (Å²) in [7, 11) is 3.99. The fourth-order valence-corrected chi connectivity index (χ4v) is 8.16. The standard InChI is InChI=1S/C31H39N7O.C8H14FN/c1-6-9-21-10-11-26(33)24(17-32)31(21)30-16-28-25(19-39-30)29(14-22(7-2)34-28)37-12-8-13-38-23(18-37)15-27(35-38)20(3)36(4)5;1-8-3-2-4-10(8)6-7(9)5-8/h10-11,14-15,30H,3,6-9,12-13,16,18-19,33H2,1-2,4-5H3;7H,2-6H2,1H3. The number of fused-ring (bicyclic) bond motifs is 3. The van der Waals surface area contributed by atoms with Crippen LogP contribution in [-0.4, -0.2) is 70.0 Å². The zero-order valence-corrected chi connectivity index (χ0v) is 30.1. The Bertz CT molecular complexity index is 1730. The summed E-state index contributed by atoms with van der Waals surface area (Å²) in [6.07, 6.45) is 6.80. The van der Waals surface area contributed by atoms with Gasteiger partial charge in [-0.25, -0.2) is 4.39 Å². The molecule has 2 aromatic heterocycles. The molecule has 0 bridgehead atoms. The molecule has 262 valence electrons. The van der Waals surface area contributed by atoms with E-state index < -0.39 is 6.17 Å². The lowest BCUT2D eigenvalue weighted by molar-refractivity contribution is 0.0255. The molecule has 10 heteroatoms. The number of alkyl halides is 1. The first-order chi connectivity index (χ1) is 23.5. The number of benzene rings is 1. The third kappa shape index (κ3) is 7.06. The van der Waals surface area contributed by atoms with E-state index in [0.717, 1.165) is 97.8 Å². The zero-order chi connectivity index (χ0) is 34.9. The van der Waals surface area contributed by atoms with Gasteiger partial charge in [-0.15, -0.1) is 0 Å². The van der Waals surface area contributed by atoms with Crippen LogP contribution in [0.2, 0.25) is 0 Å². The highest BCUT2D eigenvalue weighted by molar-refractivity contribution is 5.63. The molecule has 9 nitrogen and oxygen atoms in total. The maximum absolute atomic E-state index is 12.8. The molecule has 2 fully saturated rings. The monoisotopic (exact) mass is 668 g/mol. The summed E-state index contributed by atoms with van der Waals surface area (Å²) in [5.74, 6) is 0. The van der Waals surface area contributed by atoms with E-state index in [1.54, 1.807) is 0 Å². The molecule has 1 aromatic carbocycles. The van der Waals surface area contributed by atoms with Crippen LogP contribution in [0.25, 0.3) is 5.70 Å². The maximum Gasteiger partial charge on any atom is 0.115 e. The van der Waals surface area contributed by atoms with Crippen molar-refractivity contribution in [3.05, 3.63) is 75.9 Å². The molecule has 0 saturated carbocycles. The molecular weight excluding hydrogens is 615 g/mol. The van der Waals surface area contributed by atoms with E-state index >= 15 is 0 Å². The van der Waals surface area contributed by atoms with Gasteiger partial charge in [-0.2, -0.15) is 10.4 Å². The lowest BCUT2D eigenvalue weighted by Crippen LogP contribution is -2.34. The van der Waals surface area contributed by atoms with Crippen LogP contribution in [0, 0.1) is 11.3 Å². The Hall–Kier alpha value is -3.94. The molecule has 3 aromatic rings. The lowest BCUT2D eigenvalue weighted by Gasteiger charge is -2.32. The summed E-state index contributed by atoms with van der Waals surface area (Å²) >= 11 is 0. The van der Waals surface area contributed by atoms with Crippen LogP contribution in [0.5, 0.6) is 0 Å². The Morgan fingerprint density at radius 1 is 1.20 bits per heavy atom. The number of nitriles is 1. The number of ether oxygens (including phenoxy) is 1. The summed E-state index contributed by atoms with van der Waals surface area (Å²) in [6.45, 7) is 15.5. The summed E-state index contributed by atoms with van der Waals surface area (Å²) in [5, 5.41) is 14.8. The molecule has 7 rings (SSSR count). The van der Waals surface area contributed by atoms with Crippen LogP contribution in [0.3, 0.4) is 0 Å². The molecule has 0 aliphatic carbocycles. The first kappa shape index (κ1) is 34.9. The van der Waals surface area contributed by atoms with Crippen molar-refractivity contribution in [1.29, 1.82) is 5.26 Å². The predicted molar refractivity (Wildman–Crippen MR) is 194 cm³/mol. The average molecular weight is 669 g/mol. The van der Waals surface area contributed by atoms with Gasteiger partial charge in [-0.3, -0.25) is 14.6 Å². The molecule has 2 saturated heterocycles. The number of aryl methyl sites for hydroxylation is 3. The first-order valence-corrected chi connectivity index (χ1v) is 18.1. The number of rotatable bonds is 7. The Morgan fingerprint density at radius 2 is 2.02 bits per heavy atom. The Balaban J connectivity index is 0.000000353. The average Bonchev–Trinajstić information content (AvgIpc) is 3.69. The quantitative estimate of drug-likeness (QED) is 0.282. The van der Waals surface area contributed by atoms with Gasteiger partial charge in [-0.05, 0) is 75.8 Å². The lowest BCUT2D eigenvalue weighted by atomic mass is 9.88. The fraction of sp³-hybridized carbons (Fsp3) is 0.564. The largest absolute Gasteiger partial charge is 0.398 e. The van der Waals surface area contributed by atoms with E-state index in [2.05, 4.69) is 66.1 Å². The van der Waals surface area contributed by atoms with Gasteiger partial charge in [0, 0.05) is 73.9 Å². The second-order valence-electron chi connectivity index (χ2n) is 14.6. The highest BCUT2D eigenvalue weighted by Crippen LogP contribution is 2.41. The van der Waals surface area contributed by atoms with Crippen LogP contribution in [-0.2, 0) is 43.7 Å². The molecule has 0 radical (unpaired) electrons. The van der Waals surface area contributed by atoms with Crippen molar-refractivity contribution in [2.75, 3.05) is 44.4 Å². The molecule has 4 aliphatic heterocycles. The number of halogens is 1. The molecule has 0 spiro atoms. The van der Waals surface area contributed by atoms with Crippen molar-refractivity contribution in [3.8, 4) is 6.07 Å². The third-order valence-corrected chi connectivity index (χ3v) is 10.9. The number of hydrogen-bond donors (Lipinski definition) is 1. The second-order valence-corrected chi connectivity index (χ2v) is 14.6. The van der Waals surface area contributed by atoms with Crippen molar-refractivity contribution < 1.29 is 9.13 Å². The predicted octanol–water partition coefficient (Wildman–Crippen LogP) is 6.59. The van der Waals surface area contributed by atoms with Crippen LogP contribution in [0.15, 0.2) is 30.8 Å². The van der Waals surface area contributed by atoms with E-state index in [1.165, 1.54) is 24.2 Å². The minimum atomic E-state index is -0.551. The number of hydrogen-bond acceptors (Lipinski definition) is 8. The van der Waals surface area contributed by atoms with E-state index in [4.69, 9.17) is 20.6 Å². The molecule has 4 aliphatic rings. The van der Waals surface area contributed by atoms with Gasteiger partial charge in [0.25, 0.3) is 0 Å². The first-order valence-electron chi connectivity index (χ1n) is 18.1. The number of anilines is 2. The summed E-state index contributed by atoms with van der Waals surface area (Å²) in [6, 6.07) is 10.6. The van der Waals surface area contributed by atoms with Gasteiger partial charge in [0.05, 0.1) is 41.9 Å². The number of nitrogen functional groups attached to an aromatic ring is 1. The topological polar surface area (TPSA) is 99.5 Å². The van der Waals surface area contributed by atoms with Gasteiger partial charge in [0.15, 0.2) is 0 Å². The normalized spacial score (nSPS) is 23.1. The van der Waals surface area contributed by atoms with Gasteiger partial charge in [-0.1, -0.05) is 32.9 Å². The van der Waals surface area contributed by atoms with E-state index in [-0.39, 0.29) is 11.6 Å². The van der Waals surface area contributed by atoms with Crippen molar-refractivity contribution in [1.82, 2.24) is 24.6 Å². The summed E-state index contributed by atoms with van der Waals surface area (Å²) in [4.78, 5) is 11.8. The Morgan fingerprint density at radius 3 is 2.73 bits per heavy atom. The number of nitrogens with two attached hydrogens (primary N) is 1. The molecule has 0 amide bonds. The maximum atomic E-state index is 12.8. The minimum Gasteiger partial charge on any atom is -0.398 e. The molecule has 3 unspecified atom stereocenters. The number of pyridine rings is 1. The molecule has 6 heterocycles. The van der Waals surface area contributed by atoms with Gasteiger partial charge < -0.3 is 20.3 Å². The Labute approximate surface area is 291 Å². The fourth-order valence-electron chi connectivity index (χ4n) is 8.16. The van der Waals surface area contributed by atoms with Crippen LogP contribution >= 0.6 is 0 Å². The van der Waals surface area contributed by atoms with Crippen LogP contribution < -0.4 is 10.6 Å². The molecular formula is C39H53FN8O. The molecule has 3 atom stereocenters. The van der Waals surface area contributed by atoms with E-state index in [1.807, 2.05) is 25.1 Å². The van der Waals surface area contributed by atoms with Crippen LogP contribution in [0.4, 0.5) is 15.8 Å². The van der Waals surface area contributed by atoms with Crippen molar-refractivity contribution in [3.63, 3.8) is 0 Å². The SMILES string of the molecule is C=C(c1cc2n(n1)CCCN(c1cc(CC)nc3c1COC(c1c(CCC)ccc(N)c1C#N)C3)C2)N(C)C.CC12CCCN1CC(F)C2. The smallest absolute Gasteiger partial charge is 0.115 e. The van der Waals surface area contributed by atoms with E-state index in [9.17, 15) is 9.65 Å². The minimum absolute atomic E-state index is 0.236.